The topological polar surface area (TPSA) is 39.2 Å². The van der Waals surface area contributed by atoms with Gasteiger partial charge in [-0.1, -0.05) is 46.0 Å². The van der Waals surface area contributed by atoms with Gasteiger partial charge in [-0.15, -0.1) is 11.8 Å². The van der Waals surface area contributed by atoms with Gasteiger partial charge in [0, 0.05) is 16.7 Å². The Morgan fingerprint density at radius 1 is 1.16 bits per heavy atom. The molecule has 0 unspecified atom stereocenters. The summed E-state index contributed by atoms with van der Waals surface area (Å²) in [6.45, 7) is 9.06. The van der Waals surface area contributed by atoms with Crippen LogP contribution in [0, 0.1) is 11.8 Å². The zero-order chi connectivity index (χ0) is 22.3. The van der Waals surface area contributed by atoms with Crippen molar-refractivity contribution in [3.8, 4) is 11.8 Å². The molecular weight excluding hydrogens is 402 g/mol. The van der Waals surface area contributed by atoms with Crippen molar-refractivity contribution in [2.45, 2.75) is 76.5 Å². The first-order valence-electron chi connectivity index (χ1n) is 11.4. The Bertz CT molecular complexity index is 967. The average Bonchev–Trinajstić information content (AvgIpc) is 2.76. The van der Waals surface area contributed by atoms with E-state index >= 15 is 0 Å². The minimum atomic E-state index is -0.349. The highest BCUT2D eigenvalue weighted by atomic mass is 32.2. The van der Waals surface area contributed by atoms with Gasteiger partial charge in [0.2, 0.25) is 0 Å². The zero-order valence-corrected chi connectivity index (χ0v) is 20.0. The molecule has 3 rings (SSSR count). The molecule has 0 spiro atoms. The number of rotatable bonds is 7. The van der Waals surface area contributed by atoms with E-state index in [1.54, 1.807) is 25.3 Å². The number of benzene rings is 1. The zero-order valence-electron chi connectivity index (χ0n) is 19.2. The number of ether oxygens (including phenoxy) is 1. The summed E-state index contributed by atoms with van der Waals surface area (Å²) in [5.41, 5.74) is 5.17. The van der Waals surface area contributed by atoms with Gasteiger partial charge < -0.3 is 4.74 Å². The van der Waals surface area contributed by atoms with Crippen molar-refractivity contribution < 1.29 is 9.53 Å². The molecule has 1 aliphatic heterocycles. The maximum absolute atomic E-state index is 11.8. The van der Waals surface area contributed by atoms with Crippen molar-refractivity contribution in [3.63, 3.8) is 0 Å². The molecule has 31 heavy (non-hydrogen) atoms. The van der Waals surface area contributed by atoms with Gasteiger partial charge >= 0.3 is 5.97 Å². The van der Waals surface area contributed by atoms with E-state index in [1.807, 2.05) is 11.8 Å². The first kappa shape index (κ1) is 23.4. The summed E-state index contributed by atoms with van der Waals surface area (Å²) in [4.78, 5) is 17.6. The number of nitrogens with zero attached hydrogens (tertiary/aromatic N) is 1. The summed E-state index contributed by atoms with van der Waals surface area (Å²) < 4.78 is 5.02. The Kier molecular flexibility index (Phi) is 8.21. The first-order chi connectivity index (χ1) is 14.9. The van der Waals surface area contributed by atoms with Gasteiger partial charge in [-0.3, -0.25) is 0 Å². The van der Waals surface area contributed by atoms with E-state index in [2.05, 4.69) is 49.7 Å². The lowest BCUT2D eigenvalue weighted by Crippen LogP contribution is -2.23. The molecule has 0 amide bonds. The van der Waals surface area contributed by atoms with Gasteiger partial charge in [-0.2, -0.15) is 0 Å². The quantitative estimate of drug-likeness (QED) is 0.281. The molecule has 0 saturated heterocycles. The molecule has 164 valence electrons. The summed E-state index contributed by atoms with van der Waals surface area (Å²) in [6, 6.07) is 8.22. The van der Waals surface area contributed by atoms with Gasteiger partial charge in [0.1, 0.15) is 5.69 Å². The van der Waals surface area contributed by atoms with Crippen molar-refractivity contribution in [1.29, 1.82) is 0 Å². The lowest BCUT2D eigenvalue weighted by Gasteiger charge is -2.32. The first-order valence-corrected chi connectivity index (χ1v) is 12.4. The van der Waals surface area contributed by atoms with Crippen LogP contribution >= 0.6 is 11.8 Å². The van der Waals surface area contributed by atoms with Crippen LogP contribution in [-0.4, -0.2) is 23.3 Å². The third-order valence-electron chi connectivity index (χ3n) is 5.82. The SMILES string of the molecule is CCCCCCc1cc2c(cc1C#Cc1ccc(C(=O)OCC)cn1)C(C)(C)CCS2. The summed E-state index contributed by atoms with van der Waals surface area (Å²) in [5.74, 6) is 7.44. The van der Waals surface area contributed by atoms with E-state index in [0.29, 0.717) is 17.9 Å². The van der Waals surface area contributed by atoms with Crippen LogP contribution in [0.4, 0.5) is 0 Å². The normalized spacial score (nSPS) is 14.3. The highest BCUT2D eigenvalue weighted by Gasteiger charge is 2.28. The van der Waals surface area contributed by atoms with E-state index in [0.717, 1.165) is 12.0 Å². The third kappa shape index (κ3) is 6.14. The highest BCUT2D eigenvalue weighted by Crippen LogP contribution is 2.42. The molecule has 0 bridgehead atoms. The van der Waals surface area contributed by atoms with E-state index in [4.69, 9.17) is 4.74 Å². The number of esters is 1. The number of hydrogen-bond donors (Lipinski definition) is 0. The van der Waals surface area contributed by atoms with Crippen LogP contribution in [0.25, 0.3) is 0 Å². The molecule has 0 aliphatic carbocycles. The molecule has 2 heterocycles. The average molecular weight is 436 g/mol. The number of hydrogen-bond acceptors (Lipinski definition) is 4. The Labute approximate surface area is 191 Å². The Balaban J connectivity index is 1.89. The van der Waals surface area contributed by atoms with E-state index < -0.39 is 0 Å². The van der Waals surface area contributed by atoms with Crippen LogP contribution in [0.1, 0.15) is 92.5 Å². The molecule has 0 saturated carbocycles. The summed E-state index contributed by atoms with van der Waals surface area (Å²) in [7, 11) is 0. The van der Waals surface area contributed by atoms with Crippen molar-refractivity contribution in [1.82, 2.24) is 4.98 Å². The van der Waals surface area contributed by atoms with Crippen molar-refractivity contribution >= 4 is 17.7 Å². The molecule has 2 aromatic rings. The van der Waals surface area contributed by atoms with E-state index in [1.165, 1.54) is 53.9 Å². The molecular formula is C27H33NO2S. The van der Waals surface area contributed by atoms with Crippen LogP contribution < -0.4 is 0 Å². The second-order valence-corrected chi connectivity index (χ2v) is 9.84. The fourth-order valence-electron chi connectivity index (χ4n) is 3.82. The standard InChI is InChI=1S/C27H33NO2S/c1-5-7-8-9-10-20-18-25-24(27(3,4)15-16-31-25)17-21(20)11-13-23-14-12-22(19-28-23)26(29)30-6-2/h12,14,17-19H,5-10,15-16H2,1-4H3. The fourth-order valence-corrected chi connectivity index (χ4v) is 5.37. The molecule has 4 heteroatoms. The number of aryl methyl sites for hydroxylation is 1. The molecule has 0 N–H and O–H groups in total. The number of carbonyl (C=O) groups excluding carboxylic acids is 1. The number of fused-ring (bicyclic) bond motifs is 1. The molecule has 1 aliphatic rings. The number of carbonyl (C=O) groups is 1. The van der Waals surface area contributed by atoms with E-state index in [9.17, 15) is 4.79 Å². The van der Waals surface area contributed by atoms with Crippen LogP contribution in [-0.2, 0) is 16.6 Å². The lowest BCUT2D eigenvalue weighted by atomic mass is 9.80. The molecule has 0 fully saturated rings. The molecule has 0 atom stereocenters. The van der Waals surface area contributed by atoms with Gasteiger partial charge in [0.25, 0.3) is 0 Å². The van der Waals surface area contributed by atoms with Crippen molar-refractivity contribution in [2.75, 3.05) is 12.4 Å². The Morgan fingerprint density at radius 3 is 2.71 bits per heavy atom. The number of unbranched alkanes of at least 4 members (excludes halogenated alkanes) is 3. The van der Waals surface area contributed by atoms with E-state index in [-0.39, 0.29) is 11.4 Å². The van der Waals surface area contributed by atoms with Gasteiger partial charge in [-0.05, 0) is 78.7 Å². The Morgan fingerprint density at radius 2 is 2.00 bits per heavy atom. The predicted octanol–water partition coefficient (Wildman–Crippen LogP) is 6.55. The maximum atomic E-state index is 11.8. The largest absolute Gasteiger partial charge is 0.462 e. The van der Waals surface area contributed by atoms with Gasteiger partial charge in [-0.25, -0.2) is 9.78 Å². The minimum Gasteiger partial charge on any atom is -0.462 e. The number of aromatic nitrogens is 1. The fraction of sp³-hybridized carbons (Fsp3) is 0.481. The van der Waals surface area contributed by atoms with Crippen LogP contribution in [0.2, 0.25) is 0 Å². The number of pyridine rings is 1. The summed E-state index contributed by atoms with van der Waals surface area (Å²) in [5, 5.41) is 0. The van der Waals surface area contributed by atoms with Gasteiger partial charge in [0.05, 0.1) is 12.2 Å². The Hall–Kier alpha value is -2.25. The van der Waals surface area contributed by atoms with Crippen molar-refractivity contribution in [3.05, 3.63) is 58.4 Å². The minimum absolute atomic E-state index is 0.178. The molecule has 0 radical (unpaired) electrons. The molecule has 1 aromatic carbocycles. The predicted molar refractivity (Wildman–Crippen MR) is 129 cm³/mol. The van der Waals surface area contributed by atoms with Crippen LogP contribution in [0.3, 0.4) is 0 Å². The summed E-state index contributed by atoms with van der Waals surface area (Å²) >= 11 is 1.98. The van der Waals surface area contributed by atoms with Crippen LogP contribution in [0.5, 0.6) is 0 Å². The third-order valence-corrected chi connectivity index (χ3v) is 6.88. The molecule has 1 aromatic heterocycles. The second-order valence-electron chi connectivity index (χ2n) is 8.70. The van der Waals surface area contributed by atoms with Crippen molar-refractivity contribution in [2.24, 2.45) is 0 Å². The smallest absolute Gasteiger partial charge is 0.339 e. The summed E-state index contributed by atoms with van der Waals surface area (Å²) in [6.07, 6.45) is 8.77. The maximum Gasteiger partial charge on any atom is 0.339 e. The molecule has 3 nitrogen and oxygen atoms in total. The van der Waals surface area contributed by atoms with Gasteiger partial charge in [0.15, 0.2) is 0 Å². The highest BCUT2D eigenvalue weighted by molar-refractivity contribution is 7.99. The lowest BCUT2D eigenvalue weighted by molar-refractivity contribution is 0.0526. The van der Waals surface area contributed by atoms with Crippen LogP contribution in [0.15, 0.2) is 35.4 Å². The monoisotopic (exact) mass is 435 g/mol. The number of thioether (sulfide) groups is 1. The second kappa shape index (κ2) is 10.9.